The molecule has 0 aromatic heterocycles. The predicted molar refractivity (Wildman–Crippen MR) is 77.8 cm³/mol. The third-order valence-corrected chi connectivity index (χ3v) is 2.85. The molecule has 2 rings (SSSR count). The number of nitrogens with two attached hydrogens (primary N) is 1. The highest BCUT2D eigenvalue weighted by Gasteiger charge is 2.00. The van der Waals surface area contributed by atoms with E-state index in [9.17, 15) is 0 Å². The van der Waals surface area contributed by atoms with Crippen molar-refractivity contribution in [1.82, 2.24) is 0 Å². The van der Waals surface area contributed by atoms with Crippen molar-refractivity contribution in [2.75, 3.05) is 0 Å². The number of hydrogen-bond donors (Lipinski definition) is 1. The molecule has 2 aromatic carbocycles. The molecule has 18 heavy (non-hydrogen) atoms. The van der Waals surface area contributed by atoms with E-state index in [0.29, 0.717) is 10.9 Å². The van der Waals surface area contributed by atoms with E-state index >= 15 is 0 Å². The van der Waals surface area contributed by atoms with Crippen LogP contribution in [0.5, 0.6) is 0 Å². The molecule has 92 valence electrons. The summed E-state index contributed by atoms with van der Waals surface area (Å²) in [4.78, 5) is 4.43. The maximum atomic E-state index is 5.98. The molecule has 0 heterocycles. The number of amidine groups is 1. The highest BCUT2D eigenvalue weighted by Crippen LogP contribution is 2.18. The van der Waals surface area contributed by atoms with E-state index < -0.39 is 0 Å². The standard InChI is InChI=1S/C15H15ClN2/c1-10-7-11(2)9-14(8-10)18-15(17)12-3-5-13(16)6-4-12/h3-9H,1-2H3,(H2,17,18). The largest absolute Gasteiger partial charge is 0.383 e. The van der Waals surface area contributed by atoms with Gasteiger partial charge < -0.3 is 5.73 Å². The molecule has 0 saturated heterocycles. The maximum Gasteiger partial charge on any atom is 0.131 e. The van der Waals surface area contributed by atoms with E-state index in [1.807, 2.05) is 38.1 Å². The van der Waals surface area contributed by atoms with Crippen molar-refractivity contribution in [1.29, 1.82) is 0 Å². The fraction of sp³-hybridized carbons (Fsp3) is 0.133. The highest BCUT2D eigenvalue weighted by atomic mass is 35.5. The van der Waals surface area contributed by atoms with Crippen LogP contribution in [-0.4, -0.2) is 5.84 Å². The van der Waals surface area contributed by atoms with Gasteiger partial charge >= 0.3 is 0 Å². The molecule has 3 heteroatoms. The lowest BCUT2D eigenvalue weighted by Crippen LogP contribution is -2.12. The van der Waals surface area contributed by atoms with Crippen molar-refractivity contribution < 1.29 is 0 Å². The summed E-state index contributed by atoms with van der Waals surface area (Å²) in [7, 11) is 0. The molecule has 0 fully saturated rings. The molecule has 2 N–H and O–H groups in total. The van der Waals surface area contributed by atoms with Gasteiger partial charge in [0.05, 0.1) is 5.69 Å². The van der Waals surface area contributed by atoms with Crippen LogP contribution in [0, 0.1) is 13.8 Å². The van der Waals surface area contributed by atoms with E-state index in [-0.39, 0.29) is 0 Å². The van der Waals surface area contributed by atoms with Crippen molar-refractivity contribution in [3.63, 3.8) is 0 Å². The first-order chi connectivity index (χ1) is 8.54. The molecule has 0 spiro atoms. The van der Waals surface area contributed by atoms with Crippen molar-refractivity contribution in [2.24, 2.45) is 10.7 Å². The zero-order chi connectivity index (χ0) is 13.1. The molecule has 0 unspecified atom stereocenters. The van der Waals surface area contributed by atoms with Gasteiger partial charge in [0, 0.05) is 10.6 Å². The minimum atomic E-state index is 0.497. The van der Waals surface area contributed by atoms with Gasteiger partial charge in [0.2, 0.25) is 0 Å². The van der Waals surface area contributed by atoms with E-state index in [0.717, 1.165) is 11.3 Å². The topological polar surface area (TPSA) is 38.4 Å². The molecule has 0 bridgehead atoms. The second-order valence-electron chi connectivity index (χ2n) is 4.35. The predicted octanol–water partition coefficient (Wildman–Crippen LogP) is 3.99. The van der Waals surface area contributed by atoms with Crippen LogP contribution in [0.2, 0.25) is 5.02 Å². The number of nitrogens with zero attached hydrogens (tertiary/aromatic N) is 1. The van der Waals surface area contributed by atoms with E-state index in [1.165, 1.54) is 11.1 Å². The first kappa shape index (κ1) is 12.7. The van der Waals surface area contributed by atoms with Gasteiger partial charge in [0.15, 0.2) is 0 Å². The smallest absolute Gasteiger partial charge is 0.131 e. The zero-order valence-electron chi connectivity index (χ0n) is 10.4. The number of rotatable bonds is 2. The lowest BCUT2D eigenvalue weighted by atomic mass is 10.1. The SMILES string of the molecule is Cc1cc(C)cc(N=C(N)c2ccc(Cl)cc2)c1. The first-order valence-corrected chi connectivity index (χ1v) is 6.11. The summed E-state index contributed by atoms with van der Waals surface area (Å²) in [6.07, 6.45) is 0. The van der Waals surface area contributed by atoms with Crippen molar-refractivity contribution >= 4 is 23.1 Å². The Morgan fingerprint density at radius 3 is 2.11 bits per heavy atom. The van der Waals surface area contributed by atoms with Crippen LogP contribution in [0.1, 0.15) is 16.7 Å². The monoisotopic (exact) mass is 258 g/mol. The molecule has 0 radical (unpaired) electrons. The Hall–Kier alpha value is -1.80. The first-order valence-electron chi connectivity index (χ1n) is 5.73. The fourth-order valence-electron chi connectivity index (χ4n) is 1.84. The summed E-state index contributed by atoms with van der Waals surface area (Å²) >= 11 is 5.84. The van der Waals surface area contributed by atoms with Crippen LogP contribution in [0.25, 0.3) is 0 Å². The normalized spacial score (nSPS) is 11.6. The van der Waals surface area contributed by atoms with Crippen LogP contribution in [0.4, 0.5) is 5.69 Å². The average Bonchev–Trinajstić information content (AvgIpc) is 2.28. The second-order valence-corrected chi connectivity index (χ2v) is 4.79. The summed E-state index contributed by atoms with van der Waals surface area (Å²) in [5, 5.41) is 0.693. The van der Waals surface area contributed by atoms with Crippen LogP contribution in [0.15, 0.2) is 47.5 Å². The maximum absolute atomic E-state index is 5.98. The molecule has 2 aromatic rings. The lowest BCUT2D eigenvalue weighted by molar-refractivity contribution is 1.35. The van der Waals surface area contributed by atoms with E-state index in [1.54, 1.807) is 12.1 Å². The number of hydrogen-bond acceptors (Lipinski definition) is 1. The fourth-order valence-corrected chi connectivity index (χ4v) is 1.97. The van der Waals surface area contributed by atoms with Crippen LogP contribution in [0.3, 0.4) is 0 Å². The van der Waals surface area contributed by atoms with Crippen molar-refractivity contribution in [2.45, 2.75) is 13.8 Å². The lowest BCUT2D eigenvalue weighted by Gasteiger charge is -2.03. The summed E-state index contributed by atoms with van der Waals surface area (Å²) < 4.78 is 0. The number of aliphatic imine (C=N–C) groups is 1. The summed E-state index contributed by atoms with van der Waals surface area (Å²) in [5.74, 6) is 0.497. The van der Waals surface area contributed by atoms with Crippen LogP contribution in [-0.2, 0) is 0 Å². The molecule has 0 aliphatic rings. The Balaban J connectivity index is 2.35. The van der Waals surface area contributed by atoms with Crippen molar-refractivity contribution in [3.8, 4) is 0 Å². The van der Waals surface area contributed by atoms with Crippen LogP contribution < -0.4 is 5.73 Å². The molecule has 0 atom stereocenters. The van der Waals surface area contributed by atoms with Gasteiger partial charge in [0.25, 0.3) is 0 Å². The quantitative estimate of drug-likeness (QED) is 0.642. The molecule has 0 amide bonds. The Bertz CT molecular complexity index is 566. The van der Waals surface area contributed by atoms with E-state index in [4.69, 9.17) is 17.3 Å². The molecule has 0 saturated carbocycles. The van der Waals surface area contributed by atoms with Gasteiger partial charge in [-0.2, -0.15) is 0 Å². The molecule has 0 aliphatic carbocycles. The van der Waals surface area contributed by atoms with E-state index in [2.05, 4.69) is 11.1 Å². The van der Waals surface area contributed by atoms with Gasteiger partial charge in [0.1, 0.15) is 5.84 Å². The third-order valence-electron chi connectivity index (χ3n) is 2.60. The number of halogens is 1. The molecular weight excluding hydrogens is 244 g/mol. The Morgan fingerprint density at radius 1 is 1.00 bits per heavy atom. The third kappa shape index (κ3) is 3.11. The number of benzene rings is 2. The van der Waals surface area contributed by atoms with Crippen molar-refractivity contribution in [3.05, 3.63) is 64.2 Å². The Kier molecular flexibility index (Phi) is 3.68. The Morgan fingerprint density at radius 2 is 1.56 bits per heavy atom. The molecule has 0 aliphatic heterocycles. The summed E-state index contributed by atoms with van der Waals surface area (Å²) in [6.45, 7) is 4.09. The van der Waals surface area contributed by atoms with Gasteiger partial charge in [-0.1, -0.05) is 17.7 Å². The minimum Gasteiger partial charge on any atom is -0.383 e. The average molecular weight is 259 g/mol. The molecular formula is C15H15ClN2. The Labute approximate surface area is 112 Å². The minimum absolute atomic E-state index is 0.497. The van der Waals surface area contributed by atoms with Gasteiger partial charge in [-0.15, -0.1) is 0 Å². The number of aryl methyl sites for hydroxylation is 2. The second kappa shape index (κ2) is 5.23. The summed E-state index contributed by atoms with van der Waals surface area (Å²) in [6, 6.07) is 13.5. The zero-order valence-corrected chi connectivity index (χ0v) is 11.2. The molecule has 2 nitrogen and oxygen atoms in total. The summed E-state index contributed by atoms with van der Waals surface area (Å²) in [5.41, 5.74) is 10.1. The van der Waals surface area contributed by atoms with Gasteiger partial charge in [-0.25, -0.2) is 4.99 Å². The van der Waals surface area contributed by atoms with Crippen LogP contribution >= 0.6 is 11.6 Å². The van der Waals surface area contributed by atoms with Gasteiger partial charge in [-0.3, -0.25) is 0 Å². The van der Waals surface area contributed by atoms with Gasteiger partial charge in [-0.05, 0) is 61.4 Å². The highest BCUT2D eigenvalue weighted by molar-refractivity contribution is 6.30.